The van der Waals surface area contributed by atoms with E-state index in [-0.39, 0.29) is 12.0 Å². The van der Waals surface area contributed by atoms with Crippen molar-refractivity contribution < 1.29 is 13.2 Å². The van der Waals surface area contributed by atoms with Gasteiger partial charge in [-0.2, -0.15) is 13.2 Å². The molecule has 0 amide bonds. The van der Waals surface area contributed by atoms with Crippen molar-refractivity contribution in [2.45, 2.75) is 98.8 Å². The molecule has 0 atom stereocenters. The van der Waals surface area contributed by atoms with Crippen molar-refractivity contribution in [1.82, 2.24) is 19.9 Å². The summed E-state index contributed by atoms with van der Waals surface area (Å²) in [6.07, 6.45) is 2.53. The molecule has 0 aliphatic heterocycles. The number of nitrogens with one attached hydrogen (secondary N) is 1. The number of hydrogen-bond donors (Lipinski definition) is 1. The third-order valence-electron chi connectivity index (χ3n) is 8.10. The Balaban J connectivity index is 1.63. The quantitative estimate of drug-likeness (QED) is 0.185. The highest BCUT2D eigenvalue weighted by molar-refractivity contribution is 6.03. The maximum Gasteiger partial charge on any atom is 0.416 e. The van der Waals surface area contributed by atoms with Crippen LogP contribution in [0.25, 0.3) is 21.9 Å². The van der Waals surface area contributed by atoms with E-state index in [2.05, 4.69) is 33.0 Å². The summed E-state index contributed by atoms with van der Waals surface area (Å²) in [5.74, 6) is 1.62. The molecule has 2 aromatic carbocycles. The van der Waals surface area contributed by atoms with E-state index < -0.39 is 11.7 Å². The lowest BCUT2D eigenvalue weighted by Crippen LogP contribution is -2.19. The molecule has 0 bridgehead atoms. The van der Waals surface area contributed by atoms with Crippen molar-refractivity contribution in [3.63, 3.8) is 0 Å². The van der Waals surface area contributed by atoms with Crippen LogP contribution in [0.1, 0.15) is 93.6 Å². The van der Waals surface area contributed by atoms with Gasteiger partial charge >= 0.3 is 6.18 Å². The third-order valence-corrected chi connectivity index (χ3v) is 8.10. The smallest absolute Gasteiger partial charge is 0.323 e. The molecule has 0 spiro atoms. The number of para-hydroxylation sites is 1. The van der Waals surface area contributed by atoms with Gasteiger partial charge in [0.05, 0.1) is 28.8 Å². The molecule has 0 radical (unpaired) electrons. The maximum atomic E-state index is 14.6. The monoisotopic (exact) mass is 564 g/mol. The van der Waals surface area contributed by atoms with Gasteiger partial charge in [0.25, 0.3) is 0 Å². The molecule has 2 heterocycles. The van der Waals surface area contributed by atoms with E-state index in [9.17, 15) is 13.2 Å². The number of rotatable bonds is 11. The van der Waals surface area contributed by atoms with Crippen LogP contribution >= 0.6 is 0 Å². The standard InChI is InChI=1S/C34H43F3N4/c1-6-7-12-30-40-31-29(19-33(3,4)5)39-28-11-9-8-10-25(28)32(31)41(30)21-26-22(2)17-24(18-27(26)34(35,36)37)20-38-16-15-23-13-14-23/h8-11,17-18,23,38H,6-7,12-16,19-21H2,1-5H3. The van der Waals surface area contributed by atoms with Gasteiger partial charge in [0.2, 0.25) is 0 Å². The Morgan fingerprint density at radius 3 is 2.49 bits per heavy atom. The average molecular weight is 565 g/mol. The first-order chi connectivity index (χ1) is 19.4. The second-order valence-electron chi connectivity index (χ2n) is 13.1. The highest BCUT2D eigenvalue weighted by atomic mass is 19.4. The lowest BCUT2D eigenvalue weighted by molar-refractivity contribution is -0.138. The number of unbranched alkanes of at least 4 members (excludes halogenated alkanes) is 1. The van der Waals surface area contributed by atoms with Crippen LogP contribution < -0.4 is 5.32 Å². The molecule has 1 aliphatic carbocycles. The number of halogens is 3. The molecule has 7 heteroatoms. The SMILES string of the molecule is CCCCc1nc2c(CC(C)(C)C)nc3ccccc3c2n1Cc1c(C)cc(CNCCC2CC2)cc1C(F)(F)F. The summed E-state index contributed by atoms with van der Waals surface area (Å²) in [5, 5.41) is 4.28. The van der Waals surface area contributed by atoms with Gasteiger partial charge in [-0.25, -0.2) is 4.98 Å². The van der Waals surface area contributed by atoms with Crippen LogP contribution in [0, 0.1) is 18.3 Å². The molecule has 4 nitrogen and oxygen atoms in total. The molecule has 0 saturated heterocycles. The Labute approximate surface area is 241 Å². The summed E-state index contributed by atoms with van der Waals surface area (Å²) >= 11 is 0. The summed E-state index contributed by atoms with van der Waals surface area (Å²) in [6.45, 7) is 11.9. The molecular weight excluding hydrogens is 521 g/mol. The fraction of sp³-hybridized carbons (Fsp3) is 0.529. The minimum atomic E-state index is -4.45. The molecule has 0 unspecified atom stereocenters. The highest BCUT2D eigenvalue weighted by Crippen LogP contribution is 2.37. The molecular formula is C34H43F3N4. The average Bonchev–Trinajstić information content (AvgIpc) is 3.65. The van der Waals surface area contributed by atoms with Gasteiger partial charge in [-0.05, 0) is 72.9 Å². The molecule has 1 saturated carbocycles. The zero-order valence-electron chi connectivity index (χ0n) is 25.1. The third kappa shape index (κ3) is 6.94. The number of fused-ring (bicyclic) bond motifs is 3. The number of aromatic nitrogens is 3. The number of alkyl halides is 3. The first-order valence-electron chi connectivity index (χ1n) is 15.1. The fourth-order valence-corrected chi connectivity index (χ4v) is 5.83. The Morgan fingerprint density at radius 2 is 1.80 bits per heavy atom. The van der Waals surface area contributed by atoms with Crippen LogP contribution in [0.3, 0.4) is 0 Å². The first-order valence-corrected chi connectivity index (χ1v) is 15.1. The van der Waals surface area contributed by atoms with Crippen LogP contribution in [0.4, 0.5) is 13.2 Å². The molecule has 1 fully saturated rings. The summed E-state index contributed by atoms with van der Waals surface area (Å²) in [6, 6.07) is 11.2. The summed E-state index contributed by atoms with van der Waals surface area (Å²) < 4.78 is 45.9. The Bertz CT molecular complexity index is 1520. The van der Waals surface area contributed by atoms with E-state index in [0.29, 0.717) is 29.7 Å². The lowest BCUT2D eigenvalue weighted by atomic mass is 9.89. The second-order valence-corrected chi connectivity index (χ2v) is 13.1. The molecule has 4 aromatic rings. The molecule has 1 aliphatic rings. The number of hydrogen-bond acceptors (Lipinski definition) is 3. The van der Waals surface area contributed by atoms with Crippen LogP contribution in [-0.4, -0.2) is 21.1 Å². The van der Waals surface area contributed by atoms with Crippen LogP contribution in [0.5, 0.6) is 0 Å². The van der Waals surface area contributed by atoms with E-state index in [4.69, 9.17) is 9.97 Å². The molecule has 220 valence electrons. The van der Waals surface area contributed by atoms with E-state index in [1.165, 1.54) is 18.9 Å². The minimum absolute atomic E-state index is 0.0156. The van der Waals surface area contributed by atoms with Crippen molar-refractivity contribution in [2.75, 3.05) is 6.54 Å². The van der Waals surface area contributed by atoms with Crippen LogP contribution in [0.15, 0.2) is 36.4 Å². The molecule has 41 heavy (non-hydrogen) atoms. The largest absolute Gasteiger partial charge is 0.416 e. The van der Waals surface area contributed by atoms with Crippen molar-refractivity contribution in [2.24, 2.45) is 11.3 Å². The predicted octanol–water partition coefficient (Wildman–Crippen LogP) is 8.78. The van der Waals surface area contributed by atoms with Gasteiger partial charge in [-0.15, -0.1) is 0 Å². The van der Waals surface area contributed by atoms with Gasteiger partial charge in [-0.1, -0.05) is 71.2 Å². The van der Waals surface area contributed by atoms with Gasteiger partial charge in [0.1, 0.15) is 11.3 Å². The fourth-order valence-electron chi connectivity index (χ4n) is 5.83. The molecule has 1 N–H and O–H groups in total. The van der Waals surface area contributed by atoms with Crippen molar-refractivity contribution in [1.29, 1.82) is 0 Å². The summed E-state index contributed by atoms with van der Waals surface area (Å²) in [7, 11) is 0. The normalized spacial score (nSPS) is 14.4. The van der Waals surface area contributed by atoms with Gasteiger partial charge in [0.15, 0.2) is 0 Å². The van der Waals surface area contributed by atoms with Gasteiger partial charge in [0, 0.05) is 18.4 Å². The van der Waals surface area contributed by atoms with E-state index in [0.717, 1.165) is 71.6 Å². The van der Waals surface area contributed by atoms with Crippen LogP contribution in [0.2, 0.25) is 0 Å². The zero-order chi connectivity index (χ0) is 29.4. The number of pyridine rings is 1. The topological polar surface area (TPSA) is 42.7 Å². The number of nitrogens with zero attached hydrogens (tertiary/aromatic N) is 3. The van der Waals surface area contributed by atoms with Gasteiger partial charge in [-0.3, -0.25) is 4.98 Å². The van der Waals surface area contributed by atoms with Crippen molar-refractivity contribution in [3.05, 3.63) is 70.2 Å². The Kier molecular flexibility index (Phi) is 8.47. The lowest BCUT2D eigenvalue weighted by Gasteiger charge is -2.20. The number of imidazole rings is 1. The Hall–Kier alpha value is -2.93. The summed E-state index contributed by atoms with van der Waals surface area (Å²) in [5.41, 5.74) is 4.55. The van der Waals surface area contributed by atoms with E-state index in [1.54, 1.807) is 0 Å². The van der Waals surface area contributed by atoms with E-state index in [1.807, 2.05) is 41.8 Å². The van der Waals surface area contributed by atoms with Crippen LogP contribution in [-0.2, 0) is 32.1 Å². The number of benzene rings is 2. The Morgan fingerprint density at radius 1 is 1.05 bits per heavy atom. The maximum absolute atomic E-state index is 14.6. The van der Waals surface area contributed by atoms with E-state index >= 15 is 0 Å². The highest BCUT2D eigenvalue weighted by Gasteiger charge is 2.35. The molecule has 5 rings (SSSR count). The number of aryl methyl sites for hydroxylation is 2. The van der Waals surface area contributed by atoms with Gasteiger partial charge < -0.3 is 9.88 Å². The van der Waals surface area contributed by atoms with Crippen molar-refractivity contribution >= 4 is 21.9 Å². The second kappa shape index (κ2) is 11.7. The zero-order valence-corrected chi connectivity index (χ0v) is 25.1. The predicted molar refractivity (Wildman–Crippen MR) is 161 cm³/mol. The summed E-state index contributed by atoms with van der Waals surface area (Å²) in [4.78, 5) is 10.1. The molecule has 2 aromatic heterocycles. The minimum Gasteiger partial charge on any atom is -0.323 e. The van der Waals surface area contributed by atoms with Crippen molar-refractivity contribution in [3.8, 4) is 0 Å². The first kappa shape index (κ1) is 29.6.